The number of aliphatic hydroxyl groups is 1. The van der Waals surface area contributed by atoms with Gasteiger partial charge in [-0.15, -0.1) is 0 Å². The first-order chi connectivity index (χ1) is 4.62. The fraction of sp³-hybridized carbons (Fsp3) is 1.00. The monoisotopic (exact) mass is 147 g/mol. The normalized spacial score (nSPS) is 12.0. The summed E-state index contributed by atoms with van der Waals surface area (Å²) < 4.78 is 5.14. The van der Waals surface area contributed by atoms with Crippen molar-refractivity contribution in [3.8, 4) is 0 Å². The first kappa shape index (κ1) is 9.88. The molecule has 2 N–H and O–H groups in total. The Morgan fingerprint density at radius 2 is 2.10 bits per heavy atom. The average molecular weight is 147 g/mol. The average Bonchev–Trinajstić information content (AvgIpc) is 1.89. The van der Waals surface area contributed by atoms with E-state index in [2.05, 4.69) is 5.32 Å². The standard InChI is InChI=1S/C7H17NO2/c1-7(2,10-3)6-8-4-5-9/h8-9H,4-6H2,1-3H3. The van der Waals surface area contributed by atoms with Gasteiger partial charge in [0, 0.05) is 20.2 Å². The predicted molar refractivity (Wildman–Crippen MR) is 41.0 cm³/mol. The lowest BCUT2D eigenvalue weighted by Crippen LogP contribution is -2.37. The molecule has 0 unspecified atom stereocenters. The smallest absolute Gasteiger partial charge is 0.0746 e. The molecule has 0 spiro atoms. The van der Waals surface area contributed by atoms with Gasteiger partial charge in [0.1, 0.15) is 0 Å². The van der Waals surface area contributed by atoms with Crippen LogP contribution in [-0.4, -0.2) is 37.5 Å². The summed E-state index contributed by atoms with van der Waals surface area (Å²) in [6.45, 7) is 5.57. The molecule has 0 amide bonds. The molecule has 0 aromatic heterocycles. The number of ether oxygens (including phenoxy) is 1. The fourth-order valence-corrected chi connectivity index (χ4v) is 0.541. The summed E-state index contributed by atoms with van der Waals surface area (Å²) in [7, 11) is 1.68. The molecule has 0 aromatic rings. The van der Waals surface area contributed by atoms with E-state index in [0.717, 1.165) is 6.54 Å². The van der Waals surface area contributed by atoms with E-state index in [1.807, 2.05) is 13.8 Å². The lowest BCUT2D eigenvalue weighted by Gasteiger charge is -2.22. The zero-order chi connectivity index (χ0) is 8.04. The molecule has 0 saturated heterocycles. The summed E-state index contributed by atoms with van der Waals surface area (Å²) >= 11 is 0. The number of aliphatic hydroxyl groups excluding tert-OH is 1. The highest BCUT2D eigenvalue weighted by atomic mass is 16.5. The molecule has 0 heterocycles. The zero-order valence-corrected chi connectivity index (χ0v) is 6.98. The molecule has 0 rings (SSSR count). The van der Waals surface area contributed by atoms with Crippen molar-refractivity contribution in [2.75, 3.05) is 26.8 Å². The molecule has 3 heteroatoms. The van der Waals surface area contributed by atoms with Crippen LogP contribution in [0.25, 0.3) is 0 Å². The van der Waals surface area contributed by atoms with Crippen molar-refractivity contribution < 1.29 is 9.84 Å². The molecule has 0 aliphatic heterocycles. The van der Waals surface area contributed by atoms with E-state index < -0.39 is 0 Å². The molecular formula is C7H17NO2. The van der Waals surface area contributed by atoms with Crippen molar-refractivity contribution in [1.82, 2.24) is 5.32 Å². The first-order valence-electron chi connectivity index (χ1n) is 3.49. The van der Waals surface area contributed by atoms with Gasteiger partial charge < -0.3 is 15.2 Å². The van der Waals surface area contributed by atoms with Crippen LogP contribution < -0.4 is 5.32 Å². The number of hydrogen-bond acceptors (Lipinski definition) is 3. The third-order valence-electron chi connectivity index (χ3n) is 1.39. The summed E-state index contributed by atoms with van der Waals surface area (Å²) in [5.41, 5.74) is -0.130. The van der Waals surface area contributed by atoms with Gasteiger partial charge in [-0.1, -0.05) is 0 Å². The number of nitrogens with one attached hydrogen (secondary N) is 1. The van der Waals surface area contributed by atoms with Gasteiger partial charge in [-0.2, -0.15) is 0 Å². The summed E-state index contributed by atoms with van der Waals surface area (Å²) in [5, 5.41) is 11.5. The minimum absolute atomic E-state index is 0.130. The highest BCUT2D eigenvalue weighted by Gasteiger charge is 2.14. The minimum Gasteiger partial charge on any atom is -0.395 e. The van der Waals surface area contributed by atoms with Crippen molar-refractivity contribution in [3.63, 3.8) is 0 Å². The largest absolute Gasteiger partial charge is 0.395 e. The second-order valence-electron chi connectivity index (χ2n) is 2.86. The molecular weight excluding hydrogens is 130 g/mol. The topological polar surface area (TPSA) is 41.5 Å². The Kier molecular flexibility index (Phi) is 4.60. The van der Waals surface area contributed by atoms with E-state index in [9.17, 15) is 0 Å². The molecule has 0 fully saturated rings. The maximum absolute atomic E-state index is 8.43. The zero-order valence-electron chi connectivity index (χ0n) is 6.98. The minimum atomic E-state index is -0.130. The molecule has 3 nitrogen and oxygen atoms in total. The van der Waals surface area contributed by atoms with E-state index >= 15 is 0 Å². The molecule has 0 bridgehead atoms. The highest BCUT2D eigenvalue weighted by molar-refractivity contribution is 4.70. The third-order valence-corrected chi connectivity index (χ3v) is 1.39. The number of hydrogen-bond donors (Lipinski definition) is 2. The third kappa shape index (κ3) is 4.73. The predicted octanol–water partition coefficient (Wildman–Crippen LogP) is -0.00670. The van der Waals surface area contributed by atoms with Crippen LogP contribution >= 0.6 is 0 Å². The number of methoxy groups -OCH3 is 1. The van der Waals surface area contributed by atoms with Crippen molar-refractivity contribution in [1.29, 1.82) is 0 Å². The van der Waals surface area contributed by atoms with Gasteiger partial charge in [0.25, 0.3) is 0 Å². The van der Waals surface area contributed by atoms with Crippen LogP contribution in [0.3, 0.4) is 0 Å². The van der Waals surface area contributed by atoms with Crippen LogP contribution in [0.1, 0.15) is 13.8 Å². The van der Waals surface area contributed by atoms with Gasteiger partial charge in [-0.25, -0.2) is 0 Å². The van der Waals surface area contributed by atoms with E-state index in [0.29, 0.717) is 6.54 Å². The molecule has 0 radical (unpaired) electrons. The fourth-order valence-electron chi connectivity index (χ4n) is 0.541. The maximum Gasteiger partial charge on any atom is 0.0746 e. The Bertz CT molecular complexity index is 83.7. The summed E-state index contributed by atoms with van der Waals surface area (Å²) in [6.07, 6.45) is 0. The molecule has 0 aliphatic carbocycles. The van der Waals surface area contributed by atoms with Gasteiger partial charge in [0.05, 0.1) is 12.2 Å². The van der Waals surface area contributed by atoms with Crippen molar-refractivity contribution >= 4 is 0 Å². The summed E-state index contributed by atoms with van der Waals surface area (Å²) in [6, 6.07) is 0. The van der Waals surface area contributed by atoms with Gasteiger partial charge in [-0.3, -0.25) is 0 Å². The van der Waals surface area contributed by atoms with Gasteiger partial charge >= 0.3 is 0 Å². The number of rotatable bonds is 5. The van der Waals surface area contributed by atoms with E-state index in [1.165, 1.54) is 0 Å². The SMILES string of the molecule is COC(C)(C)CNCCO. The lowest BCUT2D eigenvalue weighted by atomic mass is 10.1. The molecule has 0 saturated carbocycles. The maximum atomic E-state index is 8.43. The molecule has 0 aliphatic rings. The van der Waals surface area contributed by atoms with E-state index in [4.69, 9.17) is 9.84 Å². The first-order valence-corrected chi connectivity index (χ1v) is 3.49. The van der Waals surface area contributed by atoms with E-state index in [1.54, 1.807) is 7.11 Å². The van der Waals surface area contributed by atoms with Crippen molar-refractivity contribution in [2.24, 2.45) is 0 Å². The van der Waals surface area contributed by atoms with Crippen molar-refractivity contribution in [3.05, 3.63) is 0 Å². The Hall–Kier alpha value is -0.120. The van der Waals surface area contributed by atoms with Crippen LogP contribution in [0.15, 0.2) is 0 Å². The molecule has 10 heavy (non-hydrogen) atoms. The Morgan fingerprint density at radius 3 is 2.50 bits per heavy atom. The Balaban J connectivity index is 3.28. The van der Waals surface area contributed by atoms with Crippen LogP contribution in [0, 0.1) is 0 Å². The quantitative estimate of drug-likeness (QED) is 0.538. The van der Waals surface area contributed by atoms with Gasteiger partial charge in [0.2, 0.25) is 0 Å². The molecule has 0 aromatic carbocycles. The van der Waals surface area contributed by atoms with Crippen LogP contribution in [0.5, 0.6) is 0 Å². The van der Waals surface area contributed by atoms with Crippen molar-refractivity contribution in [2.45, 2.75) is 19.4 Å². The second-order valence-corrected chi connectivity index (χ2v) is 2.86. The Labute approximate surface area is 62.4 Å². The summed E-state index contributed by atoms with van der Waals surface area (Å²) in [5.74, 6) is 0. The van der Waals surface area contributed by atoms with E-state index in [-0.39, 0.29) is 12.2 Å². The molecule has 62 valence electrons. The highest BCUT2D eigenvalue weighted by Crippen LogP contribution is 2.03. The van der Waals surface area contributed by atoms with Crippen LogP contribution in [0.4, 0.5) is 0 Å². The van der Waals surface area contributed by atoms with Crippen LogP contribution in [-0.2, 0) is 4.74 Å². The van der Waals surface area contributed by atoms with Crippen LogP contribution in [0.2, 0.25) is 0 Å². The van der Waals surface area contributed by atoms with Gasteiger partial charge in [-0.05, 0) is 13.8 Å². The lowest BCUT2D eigenvalue weighted by molar-refractivity contribution is 0.0227. The van der Waals surface area contributed by atoms with Gasteiger partial charge in [0.15, 0.2) is 0 Å². The molecule has 0 atom stereocenters. The summed E-state index contributed by atoms with van der Waals surface area (Å²) in [4.78, 5) is 0. The second kappa shape index (κ2) is 4.66. The Morgan fingerprint density at radius 1 is 1.50 bits per heavy atom.